The van der Waals surface area contributed by atoms with Gasteiger partial charge in [0.1, 0.15) is 0 Å². The molecule has 1 aromatic carbocycles. The number of benzene rings is 1. The van der Waals surface area contributed by atoms with E-state index >= 15 is 0 Å². The molecule has 0 saturated heterocycles. The summed E-state index contributed by atoms with van der Waals surface area (Å²) in [6.07, 6.45) is 4.64. The second kappa shape index (κ2) is 9.52. The molecule has 1 heterocycles. The molecule has 4 aliphatic rings. The normalized spacial score (nSPS) is 27.3. The van der Waals surface area contributed by atoms with Crippen LogP contribution in [0.15, 0.2) is 42.6 Å². The third kappa shape index (κ3) is 5.37. The third-order valence-electron chi connectivity index (χ3n) is 8.15. The monoisotopic (exact) mass is 489 g/mol. The first-order chi connectivity index (χ1) is 16.7. The molecule has 1 N–H and O–H groups in total. The van der Waals surface area contributed by atoms with Crippen molar-refractivity contribution in [2.24, 2.45) is 17.8 Å². The Morgan fingerprint density at radius 3 is 2.43 bits per heavy atom. The van der Waals surface area contributed by atoms with Gasteiger partial charge in [-0.1, -0.05) is 12.1 Å². The Hall–Kier alpha value is -2.48. The summed E-state index contributed by atoms with van der Waals surface area (Å²) in [5, 5.41) is 3.44. The molecule has 4 fully saturated rings. The van der Waals surface area contributed by atoms with Gasteiger partial charge in [-0.05, 0) is 86.1 Å². The lowest BCUT2D eigenvalue weighted by atomic mass is 9.53. The molecule has 5 nitrogen and oxygen atoms in total. The number of urea groups is 1. The Morgan fingerprint density at radius 2 is 1.80 bits per heavy atom. The number of nitrogens with one attached hydrogen (secondary N) is 1. The van der Waals surface area contributed by atoms with Crippen LogP contribution in [0.1, 0.15) is 55.3 Å². The molecular weight excluding hydrogens is 455 g/mol. The first-order valence-electron chi connectivity index (χ1n) is 12.6. The summed E-state index contributed by atoms with van der Waals surface area (Å²) in [6, 6.07) is 9.12. The van der Waals surface area contributed by atoms with Crippen LogP contribution >= 0.6 is 0 Å². The van der Waals surface area contributed by atoms with Crippen molar-refractivity contribution < 1.29 is 22.7 Å². The lowest BCUT2D eigenvalue weighted by molar-refractivity contribution is -0.137. The predicted molar refractivity (Wildman–Crippen MR) is 127 cm³/mol. The molecule has 4 saturated carbocycles. The molecule has 4 bridgehead atoms. The summed E-state index contributed by atoms with van der Waals surface area (Å²) in [5.74, 6) is 2.20. The number of alkyl halides is 3. The average Bonchev–Trinajstić information content (AvgIpc) is 3.21. The average molecular weight is 490 g/mol. The van der Waals surface area contributed by atoms with Gasteiger partial charge < -0.3 is 19.5 Å². The van der Waals surface area contributed by atoms with Crippen LogP contribution < -0.4 is 5.32 Å². The number of carbonyl (C=O) groups is 1. The zero-order valence-corrected chi connectivity index (χ0v) is 20.2. The number of hydrogen-bond acceptors (Lipinski definition) is 2. The number of ether oxygens (including phenoxy) is 1. The SMILES string of the molecule is COCCN(Cc1cccn1Cc1cccc(C(F)(F)F)c1)C(=O)NC12CC3CC(CC(C3)C1)C2. The molecule has 6 rings (SSSR count). The van der Waals surface area contributed by atoms with Crippen LogP contribution in [0.3, 0.4) is 0 Å². The fraction of sp³-hybridized carbons (Fsp3) is 0.593. The molecule has 0 radical (unpaired) electrons. The highest BCUT2D eigenvalue weighted by molar-refractivity contribution is 5.75. The van der Waals surface area contributed by atoms with Gasteiger partial charge in [0.2, 0.25) is 0 Å². The number of rotatable bonds is 8. The molecule has 0 spiro atoms. The van der Waals surface area contributed by atoms with Crippen LogP contribution in [-0.2, 0) is 24.0 Å². The first-order valence-corrected chi connectivity index (χ1v) is 12.6. The van der Waals surface area contributed by atoms with Gasteiger partial charge in [0.15, 0.2) is 0 Å². The van der Waals surface area contributed by atoms with Crippen LogP contribution in [0.25, 0.3) is 0 Å². The summed E-state index contributed by atoms with van der Waals surface area (Å²) in [4.78, 5) is 15.3. The molecule has 0 atom stereocenters. The molecule has 8 heteroatoms. The number of aromatic nitrogens is 1. The van der Waals surface area contributed by atoms with Crippen molar-refractivity contribution in [3.63, 3.8) is 0 Å². The summed E-state index contributed by atoms with van der Waals surface area (Å²) < 4.78 is 46.6. The van der Waals surface area contributed by atoms with E-state index in [4.69, 9.17) is 4.74 Å². The molecular formula is C27H34F3N3O2. The number of carbonyl (C=O) groups excluding carboxylic acids is 1. The molecule has 0 unspecified atom stereocenters. The van der Waals surface area contributed by atoms with E-state index in [-0.39, 0.29) is 11.6 Å². The van der Waals surface area contributed by atoms with E-state index in [1.807, 2.05) is 22.9 Å². The summed E-state index contributed by atoms with van der Waals surface area (Å²) in [7, 11) is 1.62. The Kier molecular flexibility index (Phi) is 6.59. The number of hydrogen-bond donors (Lipinski definition) is 1. The fourth-order valence-corrected chi connectivity index (χ4v) is 7.01. The second-order valence-electron chi connectivity index (χ2n) is 10.9. The molecule has 0 aliphatic heterocycles. The van der Waals surface area contributed by atoms with Gasteiger partial charge in [0.25, 0.3) is 0 Å². The van der Waals surface area contributed by atoms with Crippen molar-refractivity contribution in [2.75, 3.05) is 20.3 Å². The molecule has 2 aromatic rings. The minimum absolute atomic E-state index is 0.0733. The Morgan fingerprint density at radius 1 is 1.11 bits per heavy atom. The maximum absolute atomic E-state index is 13.5. The maximum Gasteiger partial charge on any atom is 0.416 e. The van der Waals surface area contributed by atoms with Gasteiger partial charge in [-0.15, -0.1) is 0 Å². The van der Waals surface area contributed by atoms with Crippen LogP contribution in [-0.4, -0.2) is 41.3 Å². The van der Waals surface area contributed by atoms with Crippen molar-refractivity contribution in [1.82, 2.24) is 14.8 Å². The van der Waals surface area contributed by atoms with E-state index in [1.54, 1.807) is 18.1 Å². The van der Waals surface area contributed by atoms with Crippen molar-refractivity contribution >= 4 is 6.03 Å². The summed E-state index contributed by atoms with van der Waals surface area (Å²) >= 11 is 0. The third-order valence-corrected chi connectivity index (χ3v) is 8.15. The van der Waals surface area contributed by atoms with Gasteiger partial charge in [0, 0.05) is 37.6 Å². The number of nitrogens with zero attached hydrogens (tertiary/aromatic N) is 2. The second-order valence-corrected chi connectivity index (χ2v) is 10.9. The van der Waals surface area contributed by atoms with Crippen molar-refractivity contribution in [1.29, 1.82) is 0 Å². The Labute approximate surface area is 204 Å². The predicted octanol–water partition coefficient (Wildman–Crippen LogP) is 5.68. The van der Waals surface area contributed by atoms with E-state index in [9.17, 15) is 18.0 Å². The Bertz CT molecular complexity index is 1010. The topological polar surface area (TPSA) is 46.5 Å². The fourth-order valence-electron chi connectivity index (χ4n) is 7.01. The quantitative estimate of drug-likeness (QED) is 0.519. The smallest absolute Gasteiger partial charge is 0.383 e. The molecule has 1 aromatic heterocycles. The van der Waals surface area contributed by atoms with Gasteiger partial charge >= 0.3 is 12.2 Å². The molecule has 190 valence electrons. The van der Waals surface area contributed by atoms with Gasteiger partial charge in [0.05, 0.1) is 18.7 Å². The van der Waals surface area contributed by atoms with Gasteiger partial charge in [-0.3, -0.25) is 0 Å². The van der Waals surface area contributed by atoms with Crippen LogP contribution in [0.4, 0.5) is 18.0 Å². The Balaban J connectivity index is 1.29. The minimum Gasteiger partial charge on any atom is -0.383 e. The van der Waals surface area contributed by atoms with Gasteiger partial charge in [-0.2, -0.15) is 13.2 Å². The molecule has 2 amide bonds. The van der Waals surface area contributed by atoms with Crippen LogP contribution in [0.2, 0.25) is 0 Å². The van der Waals surface area contributed by atoms with E-state index in [1.165, 1.54) is 31.4 Å². The molecule has 35 heavy (non-hydrogen) atoms. The maximum atomic E-state index is 13.5. The number of halogens is 3. The first kappa shape index (κ1) is 24.2. The van der Waals surface area contributed by atoms with Crippen molar-refractivity contribution in [2.45, 2.75) is 63.3 Å². The van der Waals surface area contributed by atoms with Crippen LogP contribution in [0, 0.1) is 17.8 Å². The number of amides is 2. The lowest BCUT2D eigenvalue weighted by Gasteiger charge is -2.57. The van der Waals surface area contributed by atoms with E-state index in [0.29, 0.717) is 31.8 Å². The van der Waals surface area contributed by atoms with E-state index in [0.717, 1.165) is 48.8 Å². The highest BCUT2D eigenvalue weighted by Gasteiger charge is 2.51. The largest absolute Gasteiger partial charge is 0.416 e. The van der Waals surface area contributed by atoms with E-state index < -0.39 is 11.7 Å². The summed E-state index contributed by atoms with van der Waals surface area (Å²) in [5.41, 5.74) is 0.704. The zero-order valence-electron chi connectivity index (χ0n) is 20.2. The van der Waals surface area contributed by atoms with Crippen molar-refractivity contribution in [3.8, 4) is 0 Å². The van der Waals surface area contributed by atoms with Gasteiger partial charge in [-0.25, -0.2) is 4.79 Å². The lowest BCUT2D eigenvalue weighted by Crippen LogP contribution is -2.62. The minimum atomic E-state index is -4.37. The highest BCUT2D eigenvalue weighted by atomic mass is 19.4. The molecule has 4 aliphatic carbocycles. The number of methoxy groups -OCH3 is 1. The highest BCUT2D eigenvalue weighted by Crippen LogP contribution is 2.55. The standard InChI is InChI=1S/C27H34F3N3O2/c1-35-9-8-33(25(34)31-26-14-20-10-21(15-26)12-22(11-20)16-26)18-24-6-3-7-32(24)17-19-4-2-5-23(13-19)27(28,29)30/h2-7,13,20-22H,8-12,14-18H2,1H3,(H,31,34). The van der Waals surface area contributed by atoms with E-state index in [2.05, 4.69) is 5.32 Å². The zero-order chi connectivity index (χ0) is 24.6. The van der Waals surface area contributed by atoms with Crippen molar-refractivity contribution in [3.05, 3.63) is 59.4 Å². The summed E-state index contributed by atoms with van der Waals surface area (Å²) in [6.45, 7) is 1.54. The van der Waals surface area contributed by atoms with Crippen LogP contribution in [0.5, 0.6) is 0 Å².